The fourth-order valence-corrected chi connectivity index (χ4v) is 2.54. The van der Waals surface area contributed by atoms with Crippen LogP contribution in [0.1, 0.15) is 32.8 Å². The van der Waals surface area contributed by atoms with Gasteiger partial charge in [0.05, 0.1) is 25.4 Å². The van der Waals surface area contributed by atoms with Gasteiger partial charge >= 0.3 is 6.09 Å². The number of aliphatic hydroxyl groups excluding tert-OH is 1. The van der Waals surface area contributed by atoms with Crippen molar-refractivity contribution in [3.63, 3.8) is 0 Å². The molecule has 1 fully saturated rings. The zero-order valence-corrected chi connectivity index (χ0v) is 14.5. The second kappa shape index (κ2) is 8.46. The van der Waals surface area contributed by atoms with Crippen molar-refractivity contribution < 1.29 is 24.1 Å². The van der Waals surface area contributed by atoms with Crippen LogP contribution in [0, 0.1) is 0 Å². The van der Waals surface area contributed by atoms with E-state index in [2.05, 4.69) is 5.32 Å². The van der Waals surface area contributed by atoms with Crippen LogP contribution in [0.25, 0.3) is 0 Å². The van der Waals surface area contributed by atoms with E-state index in [0.29, 0.717) is 19.6 Å². The molecule has 134 valence electrons. The summed E-state index contributed by atoms with van der Waals surface area (Å²) in [7, 11) is 0. The van der Waals surface area contributed by atoms with Crippen LogP contribution in [0.5, 0.6) is 0 Å². The molecule has 3 atom stereocenters. The van der Waals surface area contributed by atoms with Crippen LogP contribution < -0.4 is 5.32 Å². The number of hydrogen-bond donors (Lipinski definition) is 2. The molecule has 0 spiro atoms. The maximum absolute atomic E-state index is 11.9. The van der Waals surface area contributed by atoms with Crippen LogP contribution in [-0.2, 0) is 20.8 Å². The fraction of sp³-hybridized carbons (Fsp3) is 0.611. The first-order chi connectivity index (χ1) is 11.3. The highest BCUT2D eigenvalue weighted by molar-refractivity contribution is 5.68. The summed E-state index contributed by atoms with van der Waals surface area (Å²) >= 11 is 0. The molecule has 0 bridgehead atoms. The minimum atomic E-state index is -0.739. The average Bonchev–Trinajstić information content (AvgIpc) is 2.84. The molecule has 6 nitrogen and oxygen atoms in total. The van der Waals surface area contributed by atoms with Gasteiger partial charge < -0.3 is 24.6 Å². The Morgan fingerprint density at radius 1 is 1.33 bits per heavy atom. The standard InChI is InChI=1S/C18H27NO5/c1-18(2,3)24-17(21)19-16-14(20)12-23-15(16)9-10-22-11-13-7-5-4-6-8-13/h4-8,14-16,20H,9-12H2,1-3H3,(H,19,21)/t14-,15-,16+/m0/s1. The highest BCUT2D eigenvalue weighted by Gasteiger charge is 2.37. The summed E-state index contributed by atoms with van der Waals surface area (Å²) in [6.07, 6.45) is -0.989. The number of aliphatic hydroxyl groups is 1. The Kier molecular flexibility index (Phi) is 6.60. The Morgan fingerprint density at radius 3 is 2.71 bits per heavy atom. The van der Waals surface area contributed by atoms with Crippen molar-refractivity contribution in [1.82, 2.24) is 5.32 Å². The molecule has 0 saturated carbocycles. The molecule has 2 N–H and O–H groups in total. The molecular weight excluding hydrogens is 310 g/mol. The molecule has 1 aromatic rings. The number of hydrogen-bond acceptors (Lipinski definition) is 5. The van der Waals surface area contributed by atoms with E-state index >= 15 is 0 Å². The van der Waals surface area contributed by atoms with Crippen molar-refractivity contribution in [1.29, 1.82) is 0 Å². The second-order valence-electron chi connectivity index (χ2n) is 6.94. The van der Waals surface area contributed by atoms with Crippen molar-refractivity contribution in [2.75, 3.05) is 13.2 Å². The van der Waals surface area contributed by atoms with Crippen molar-refractivity contribution >= 4 is 6.09 Å². The average molecular weight is 337 g/mol. The summed E-state index contributed by atoms with van der Waals surface area (Å²) in [5.74, 6) is 0. The van der Waals surface area contributed by atoms with Crippen LogP contribution >= 0.6 is 0 Å². The van der Waals surface area contributed by atoms with Gasteiger partial charge in [-0.05, 0) is 32.8 Å². The molecule has 24 heavy (non-hydrogen) atoms. The topological polar surface area (TPSA) is 77.0 Å². The normalized spacial score (nSPS) is 23.9. The molecule has 0 aromatic heterocycles. The lowest BCUT2D eigenvalue weighted by Gasteiger charge is -2.25. The molecule has 0 unspecified atom stereocenters. The van der Waals surface area contributed by atoms with E-state index in [1.165, 1.54) is 0 Å². The zero-order valence-electron chi connectivity index (χ0n) is 14.5. The maximum Gasteiger partial charge on any atom is 0.408 e. The largest absolute Gasteiger partial charge is 0.444 e. The van der Waals surface area contributed by atoms with Gasteiger partial charge in [-0.15, -0.1) is 0 Å². The number of benzene rings is 1. The third-order valence-electron chi connectivity index (χ3n) is 3.64. The number of carbonyl (C=O) groups is 1. The minimum Gasteiger partial charge on any atom is -0.444 e. The Balaban J connectivity index is 1.75. The molecule has 0 aliphatic carbocycles. The number of carbonyl (C=O) groups excluding carboxylic acids is 1. The van der Waals surface area contributed by atoms with Gasteiger partial charge in [0, 0.05) is 6.61 Å². The summed E-state index contributed by atoms with van der Waals surface area (Å²) in [5, 5.41) is 12.7. The van der Waals surface area contributed by atoms with Gasteiger partial charge in [-0.25, -0.2) is 4.79 Å². The molecule has 1 aliphatic heterocycles. The second-order valence-corrected chi connectivity index (χ2v) is 6.94. The fourth-order valence-electron chi connectivity index (χ4n) is 2.54. The Labute approximate surface area is 143 Å². The lowest BCUT2D eigenvalue weighted by atomic mass is 10.1. The molecule has 1 amide bonds. The van der Waals surface area contributed by atoms with Gasteiger partial charge in [-0.3, -0.25) is 0 Å². The zero-order chi connectivity index (χ0) is 17.6. The van der Waals surface area contributed by atoms with Gasteiger partial charge in [0.2, 0.25) is 0 Å². The van der Waals surface area contributed by atoms with Crippen molar-refractivity contribution in [2.24, 2.45) is 0 Å². The van der Waals surface area contributed by atoms with E-state index in [-0.39, 0.29) is 12.7 Å². The van der Waals surface area contributed by atoms with E-state index < -0.39 is 23.8 Å². The van der Waals surface area contributed by atoms with E-state index in [1.54, 1.807) is 20.8 Å². The highest BCUT2D eigenvalue weighted by atomic mass is 16.6. The summed E-state index contributed by atoms with van der Waals surface area (Å²) in [6, 6.07) is 9.42. The van der Waals surface area contributed by atoms with E-state index in [4.69, 9.17) is 14.2 Å². The van der Waals surface area contributed by atoms with Crippen LogP contribution in [0.15, 0.2) is 30.3 Å². The Morgan fingerprint density at radius 2 is 2.04 bits per heavy atom. The predicted molar refractivity (Wildman–Crippen MR) is 89.6 cm³/mol. The first-order valence-electron chi connectivity index (χ1n) is 8.26. The summed E-state index contributed by atoms with van der Waals surface area (Å²) < 4.78 is 16.4. The molecule has 0 radical (unpaired) electrons. The SMILES string of the molecule is CC(C)(C)OC(=O)N[C@H]1[C@H](CCOCc2ccccc2)OC[C@@H]1O. The molecule has 2 rings (SSSR count). The molecule has 1 aromatic carbocycles. The number of nitrogens with one attached hydrogen (secondary N) is 1. The quantitative estimate of drug-likeness (QED) is 0.779. The third kappa shape index (κ3) is 6.11. The van der Waals surface area contributed by atoms with Gasteiger partial charge in [0.25, 0.3) is 0 Å². The highest BCUT2D eigenvalue weighted by Crippen LogP contribution is 2.19. The molecule has 1 saturated heterocycles. The van der Waals surface area contributed by atoms with Crippen LogP contribution in [0.2, 0.25) is 0 Å². The lowest BCUT2D eigenvalue weighted by Crippen LogP contribution is -2.48. The van der Waals surface area contributed by atoms with Gasteiger partial charge in [0.15, 0.2) is 0 Å². The predicted octanol–water partition coefficient (Wildman–Crippen LogP) is 2.25. The van der Waals surface area contributed by atoms with Crippen molar-refractivity contribution in [3.05, 3.63) is 35.9 Å². The molecule has 1 aliphatic rings. The monoisotopic (exact) mass is 337 g/mol. The number of amides is 1. The summed E-state index contributed by atoms with van der Waals surface area (Å²) in [5.41, 5.74) is 0.524. The number of ether oxygens (including phenoxy) is 3. The van der Waals surface area contributed by atoms with Gasteiger partial charge in [-0.1, -0.05) is 30.3 Å². The van der Waals surface area contributed by atoms with Crippen LogP contribution in [0.3, 0.4) is 0 Å². The number of alkyl carbamates (subject to hydrolysis) is 1. The first kappa shape index (κ1) is 18.7. The smallest absolute Gasteiger partial charge is 0.408 e. The van der Waals surface area contributed by atoms with E-state index in [0.717, 1.165) is 5.56 Å². The summed E-state index contributed by atoms with van der Waals surface area (Å²) in [4.78, 5) is 11.9. The lowest BCUT2D eigenvalue weighted by molar-refractivity contribution is 0.0326. The van der Waals surface area contributed by atoms with E-state index in [1.807, 2.05) is 30.3 Å². The minimum absolute atomic E-state index is 0.198. The van der Waals surface area contributed by atoms with Crippen LogP contribution in [0.4, 0.5) is 4.79 Å². The van der Waals surface area contributed by atoms with Crippen molar-refractivity contribution in [2.45, 2.75) is 57.6 Å². The van der Waals surface area contributed by atoms with Gasteiger partial charge in [0.1, 0.15) is 11.7 Å². The molecule has 1 heterocycles. The van der Waals surface area contributed by atoms with E-state index in [9.17, 15) is 9.90 Å². The van der Waals surface area contributed by atoms with Gasteiger partial charge in [-0.2, -0.15) is 0 Å². The van der Waals surface area contributed by atoms with Crippen LogP contribution in [-0.4, -0.2) is 48.3 Å². The first-order valence-corrected chi connectivity index (χ1v) is 8.26. The molecular formula is C18H27NO5. The Hall–Kier alpha value is -1.63. The molecule has 6 heteroatoms. The Bertz CT molecular complexity index is 514. The maximum atomic E-state index is 11.9. The number of rotatable bonds is 6. The third-order valence-corrected chi connectivity index (χ3v) is 3.64. The summed E-state index contributed by atoms with van der Waals surface area (Å²) in [6.45, 7) is 6.60. The van der Waals surface area contributed by atoms with Crippen molar-refractivity contribution in [3.8, 4) is 0 Å².